The average Bonchev–Trinajstić information content (AvgIpc) is 3.19. The number of hydrogen-bond acceptors (Lipinski definition) is 7. The molecule has 186 valence electrons. The van der Waals surface area contributed by atoms with E-state index in [1.165, 1.54) is 6.07 Å². The third kappa shape index (κ3) is 4.81. The van der Waals surface area contributed by atoms with Gasteiger partial charge in [-0.3, -0.25) is 14.2 Å². The average molecular weight is 495 g/mol. The number of hydrogen-bond donors (Lipinski definition) is 1. The maximum absolute atomic E-state index is 12.9. The molecule has 5 rings (SSSR count). The van der Waals surface area contributed by atoms with E-state index >= 15 is 0 Å². The molecule has 4 heterocycles. The fourth-order valence-electron chi connectivity index (χ4n) is 4.50. The number of carboxylic acid groups (broad SMARTS) is 1. The van der Waals surface area contributed by atoms with Crippen LogP contribution in [-0.4, -0.2) is 55.1 Å². The van der Waals surface area contributed by atoms with Crippen LogP contribution in [0.4, 0.5) is 14.7 Å². The van der Waals surface area contributed by atoms with Crippen LogP contribution in [-0.2, 0) is 11.2 Å². The van der Waals surface area contributed by atoms with Crippen molar-refractivity contribution < 1.29 is 23.4 Å². The van der Waals surface area contributed by atoms with Crippen molar-refractivity contribution in [3.05, 3.63) is 66.0 Å². The van der Waals surface area contributed by atoms with Gasteiger partial charge in [0.15, 0.2) is 5.65 Å². The fraction of sp³-hybridized carbons (Fsp3) is 0.320. The minimum atomic E-state index is -2.91. The summed E-state index contributed by atoms with van der Waals surface area (Å²) in [7, 11) is 0. The Kier molecular flexibility index (Phi) is 6.45. The smallest absolute Gasteiger partial charge is 0.387 e. The Morgan fingerprint density at radius 1 is 1.19 bits per heavy atom. The molecule has 9 nitrogen and oxygen atoms in total. The molecule has 1 atom stereocenters. The predicted molar refractivity (Wildman–Crippen MR) is 127 cm³/mol. The summed E-state index contributed by atoms with van der Waals surface area (Å²) in [4.78, 5) is 31.2. The fourth-order valence-corrected chi connectivity index (χ4v) is 4.50. The Hall–Kier alpha value is -4.15. The zero-order chi connectivity index (χ0) is 25.2. The first kappa shape index (κ1) is 23.6. The van der Waals surface area contributed by atoms with Gasteiger partial charge >= 0.3 is 12.6 Å². The zero-order valence-electron chi connectivity index (χ0n) is 19.5. The molecule has 1 fully saturated rings. The number of imidazole rings is 1. The summed E-state index contributed by atoms with van der Waals surface area (Å²) >= 11 is 0. The van der Waals surface area contributed by atoms with Crippen molar-refractivity contribution in [1.82, 2.24) is 24.3 Å². The lowest BCUT2D eigenvalue weighted by Crippen LogP contribution is -2.39. The molecular weight excluding hydrogens is 470 g/mol. The molecule has 1 aliphatic rings. The maximum Gasteiger partial charge on any atom is 0.387 e. The van der Waals surface area contributed by atoms with Crippen molar-refractivity contribution in [2.45, 2.75) is 32.8 Å². The second-order valence-electron chi connectivity index (χ2n) is 8.70. The van der Waals surface area contributed by atoms with E-state index < -0.39 is 18.5 Å². The van der Waals surface area contributed by atoms with Crippen LogP contribution in [0.3, 0.4) is 0 Å². The van der Waals surface area contributed by atoms with Gasteiger partial charge in [-0.2, -0.15) is 8.78 Å². The molecule has 1 N–H and O–H groups in total. The second kappa shape index (κ2) is 9.84. The number of rotatable bonds is 7. The number of aromatic nitrogens is 5. The third-order valence-corrected chi connectivity index (χ3v) is 6.34. The Labute approximate surface area is 205 Å². The van der Waals surface area contributed by atoms with Crippen molar-refractivity contribution in [2.75, 3.05) is 18.0 Å². The Balaban J connectivity index is 1.42. The van der Waals surface area contributed by atoms with Gasteiger partial charge in [-0.25, -0.2) is 15.0 Å². The van der Waals surface area contributed by atoms with Crippen LogP contribution >= 0.6 is 0 Å². The normalized spacial score (nSPS) is 16.0. The molecule has 1 aromatic carbocycles. The zero-order valence-corrected chi connectivity index (χ0v) is 19.5. The van der Waals surface area contributed by atoms with E-state index in [1.807, 2.05) is 22.4 Å². The quantitative estimate of drug-likeness (QED) is 0.411. The molecule has 0 spiro atoms. The second-order valence-corrected chi connectivity index (χ2v) is 8.70. The van der Waals surface area contributed by atoms with Crippen molar-refractivity contribution in [2.24, 2.45) is 5.92 Å². The highest BCUT2D eigenvalue weighted by Gasteiger charge is 2.26. The molecule has 0 bridgehead atoms. The highest BCUT2D eigenvalue weighted by molar-refractivity contribution is 5.71. The van der Waals surface area contributed by atoms with Crippen molar-refractivity contribution in [1.29, 1.82) is 0 Å². The number of benzene rings is 1. The van der Waals surface area contributed by atoms with Crippen molar-refractivity contribution >= 4 is 17.6 Å². The van der Waals surface area contributed by atoms with Crippen LogP contribution in [0, 0.1) is 12.8 Å². The van der Waals surface area contributed by atoms with Gasteiger partial charge in [0.1, 0.15) is 5.75 Å². The van der Waals surface area contributed by atoms with Gasteiger partial charge in [0.2, 0.25) is 5.95 Å². The number of alkyl halides is 2. The van der Waals surface area contributed by atoms with Crippen LogP contribution in [0.25, 0.3) is 16.9 Å². The third-order valence-electron chi connectivity index (χ3n) is 6.34. The summed E-state index contributed by atoms with van der Waals surface area (Å²) in [5.41, 5.74) is 4.13. The molecule has 0 aliphatic carbocycles. The van der Waals surface area contributed by atoms with Crippen molar-refractivity contribution in [3.63, 3.8) is 0 Å². The number of ether oxygens (including phenoxy) is 1. The number of para-hydroxylation sites is 1. The van der Waals surface area contributed by atoms with Crippen LogP contribution in [0.2, 0.25) is 0 Å². The lowest BCUT2D eigenvalue weighted by Gasteiger charge is -2.30. The summed E-state index contributed by atoms with van der Waals surface area (Å²) in [6.45, 7) is 0.0438. The number of piperidine rings is 1. The first-order chi connectivity index (χ1) is 17.4. The van der Waals surface area contributed by atoms with Crippen LogP contribution in [0.15, 0.2) is 49.1 Å². The molecule has 3 aromatic heterocycles. The molecule has 0 unspecified atom stereocenters. The molecule has 1 aliphatic heterocycles. The minimum Gasteiger partial charge on any atom is -0.481 e. The number of carboxylic acids is 1. The first-order valence-electron chi connectivity index (χ1n) is 11.6. The number of carbonyl (C=O) groups is 1. The SMILES string of the molecule is Cc1nc2cnc(-c3cnc(N4CCC[C@H](C(=O)O)C4)nc3)cn2c1Cc1ccccc1OC(F)F. The van der Waals surface area contributed by atoms with Crippen LogP contribution in [0.1, 0.15) is 29.8 Å². The standard InChI is InChI=1S/C25H24F2N6O3/c1-15-20(9-16-5-2-3-7-21(16)36-24(26)27)33-14-19(28-12-22(33)31-15)18-10-29-25(30-11-18)32-8-4-6-17(13-32)23(34)35/h2-3,5,7,10-12,14,17,24H,4,6,8-9,13H2,1H3,(H,34,35)/t17-/m0/s1. The monoisotopic (exact) mass is 494 g/mol. The molecule has 11 heteroatoms. The van der Waals surface area contributed by atoms with E-state index in [9.17, 15) is 18.7 Å². The van der Waals surface area contributed by atoms with E-state index in [-0.39, 0.29) is 5.75 Å². The molecule has 0 radical (unpaired) electrons. The van der Waals surface area contributed by atoms with Gasteiger partial charge in [0, 0.05) is 49.2 Å². The van der Waals surface area contributed by atoms with Gasteiger partial charge < -0.3 is 14.7 Å². The van der Waals surface area contributed by atoms with Gasteiger partial charge in [0.25, 0.3) is 0 Å². The minimum absolute atomic E-state index is 0.128. The highest BCUT2D eigenvalue weighted by Crippen LogP contribution is 2.27. The van der Waals surface area contributed by atoms with E-state index in [4.69, 9.17) is 4.74 Å². The lowest BCUT2D eigenvalue weighted by molar-refractivity contribution is -0.141. The summed E-state index contributed by atoms with van der Waals surface area (Å²) < 4.78 is 32.3. The summed E-state index contributed by atoms with van der Waals surface area (Å²) in [6, 6.07) is 6.70. The predicted octanol–water partition coefficient (Wildman–Crippen LogP) is 3.99. The maximum atomic E-state index is 12.9. The number of aryl methyl sites for hydroxylation is 1. The largest absolute Gasteiger partial charge is 0.481 e. The van der Waals surface area contributed by atoms with Gasteiger partial charge in [-0.1, -0.05) is 18.2 Å². The van der Waals surface area contributed by atoms with Crippen LogP contribution < -0.4 is 9.64 Å². The Morgan fingerprint density at radius 2 is 1.97 bits per heavy atom. The molecule has 36 heavy (non-hydrogen) atoms. The number of anilines is 1. The highest BCUT2D eigenvalue weighted by atomic mass is 19.3. The number of halogens is 2. The van der Waals surface area contributed by atoms with Crippen molar-refractivity contribution in [3.8, 4) is 17.0 Å². The van der Waals surface area contributed by atoms with Crippen LogP contribution in [0.5, 0.6) is 5.75 Å². The van der Waals surface area contributed by atoms with E-state index in [2.05, 4.69) is 19.9 Å². The summed E-state index contributed by atoms with van der Waals surface area (Å²) in [5, 5.41) is 9.33. The number of aliphatic carboxylic acids is 1. The summed E-state index contributed by atoms with van der Waals surface area (Å²) in [5.74, 6) is -0.614. The Bertz CT molecular complexity index is 1390. The molecule has 1 saturated heterocycles. The van der Waals surface area contributed by atoms with Gasteiger partial charge in [0.05, 0.1) is 29.2 Å². The van der Waals surface area contributed by atoms with E-state index in [1.54, 1.807) is 36.8 Å². The van der Waals surface area contributed by atoms with Gasteiger partial charge in [-0.05, 0) is 25.8 Å². The van der Waals surface area contributed by atoms with Gasteiger partial charge in [-0.15, -0.1) is 0 Å². The lowest BCUT2D eigenvalue weighted by atomic mass is 9.99. The molecular formula is C25H24F2N6O3. The number of fused-ring (bicyclic) bond motifs is 1. The topological polar surface area (TPSA) is 106 Å². The molecule has 0 saturated carbocycles. The number of nitrogens with zero attached hydrogens (tertiary/aromatic N) is 6. The Morgan fingerprint density at radius 3 is 2.72 bits per heavy atom. The first-order valence-corrected chi connectivity index (χ1v) is 11.6. The molecule has 4 aromatic rings. The van der Waals surface area contributed by atoms with E-state index in [0.29, 0.717) is 54.3 Å². The van der Waals surface area contributed by atoms with E-state index in [0.717, 1.165) is 17.8 Å². The summed E-state index contributed by atoms with van der Waals surface area (Å²) in [6.07, 6.45) is 8.55. The molecule has 0 amide bonds.